The molecule has 0 aromatic heterocycles. The first-order valence-corrected chi connectivity index (χ1v) is 6.84. The second kappa shape index (κ2) is 6.61. The Morgan fingerprint density at radius 1 is 1.29 bits per heavy atom. The molecule has 0 saturated carbocycles. The minimum absolute atomic E-state index is 0.204. The van der Waals surface area contributed by atoms with Crippen LogP contribution in [0, 0.1) is 19.3 Å². The molecular weight excluding hydrogens is 270 g/mol. The number of carbonyl (C=O) groups is 2. The van der Waals surface area contributed by atoms with Gasteiger partial charge in [-0.2, -0.15) is 0 Å². The minimum Gasteiger partial charge on any atom is -0.483 e. The van der Waals surface area contributed by atoms with E-state index in [1.807, 2.05) is 26.0 Å². The normalized spacial score (nSPS) is 12.6. The van der Waals surface area contributed by atoms with Gasteiger partial charge >= 0.3 is 5.97 Å². The number of aryl methyl sites for hydroxylation is 1. The van der Waals surface area contributed by atoms with Gasteiger partial charge in [-0.3, -0.25) is 4.79 Å². The highest BCUT2D eigenvalue weighted by molar-refractivity contribution is 5.84. The predicted molar refractivity (Wildman–Crippen MR) is 80.4 cm³/mol. The number of hydrogen-bond donors (Lipinski definition) is 2. The average Bonchev–Trinajstić information content (AvgIpc) is 2.36. The molecule has 0 saturated heterocycles. The number of carboxylic acid groups (broad SMARTS) is 1. The summed E-state index contributed by atoms with van der Waals surface area (Å²) in [4.78, 5) is 23.1. The lowest BCUT2D eigenvalue weighted by Crippen LogP contribution is -2.50. The maximum Gasteiger partial charge on any atom is 0.326 e. The summed E-state index contributed by atoms with van der Waals surface area (Å²) >= 11 is 0. The van der Waals surface area contributed by atoms with Crippen molar-refractivity contribution in [3.05, 3.63) is 29.3 Å². The van der Waals surface area contributed by atoms with Crippen molar-refractivity contribution in [2.24, 2.45) is 5.41 Å². The number of aliphatic carboxylic acids is 1. The predicted octanol–water partition coefficient (Wildman–Crippen LogP) is 2.30. The maximum absolute atomic E-state index is 11.9. The van der Waals surface area contributed by atoms with Crippen molar-refractivity contribution in [3.63, 3.8) is 0 Å². The maximum atomic E-state index is 11.9. The fourth-order valence-corrected chi connectivity index (χ4v) is 1.88. The molecule has 0 heterocycles. The number of hydrogen-bond acceptors (Lipinski definition) is 3. The van der Waals surface area contributed by atoms with Gasteiger partial charge in [-0.05, 0) is 36.5 Å². The molecule has 5 nitrogen and oxygen atoms in total. The number of benzene rings is 1. The van der Waals surface area contributed by atoms with Crippen molar-refractivity contribution in [1.29, 1.82) is 0 Å². The molecule has 1 amide bonds. The van der Waals surface area contributed by atoms with Gasteiger partial charge in [0.05, 0.1) is 0 Å². The van der Waals surface area contributed by atoms with E-state index in [0.717, 1.165) is 11.1 Å². The number of ether oxygens (including phenoxy) is 1. The Bertz CT molecular complexity index is 532. The molecule has 0 spiro atoms. The first kappa shape index (κ1) is 17.0. The lowest BCUT2D eigenvalue weighted by atomic mass is 9.87. The first-order chi connectivity index (χ1) is 9.62. The molecule has 0 fully saturated rings. The minimum atomic E-state index is -1.05. The summed E-state index contributed by atoms with van der Waals surface area (Å²) in [6.07, 6.45) is 0. The zero-order chi connectivity index (χ0) is 16.2. The molecular formula is C16H23NO4. The van der Waals surface area contributed by atoms with Gasteiger partial charge in [0, 0.05) is 0 Å². The summed E-state index contributed by atoms with van der Waals surface area (Å²) in [6, 6.07) is 4.65. The quantitative estimate of drug-likeness (QED) is 0.873. The second-order valence-electron chi connectivity index (χ2n) is 6.19. The van der Waals surface area contributed by atoms with E-state index in [1.54, 1.807) is 26.8 Å². The number of carboxylic acids is 1. The van der Waals surface area contributed by atoms with Gasteiger partial charge in [0.1, 0.15) is 11.8 Å². The van der Waals surface area contributed by atoms with Gasteiger partial charge in [0.15, 0.2) is 6.61 Å². The fraction of sp³-hybridized carbons (Fsp3) is 0.500. The molecule has 21 heavy (non-hydrogen) atoms. The van der Waals surface area contributed by atoms with Crippen LogP contribution >= 0.6 is 0 Å². The Morgan fingerprint density at radius 3 is 2.43 bits per heavy atom. The van der Waals surface area contributed by atoms with Crippen LogP contribution in [0.5, 0.6) is 5.75 Å². The van der Waals surface area contributed by atoms with Crippen molar-refractivity contribution in [2.75, 3.05) is 6.61 Å². The molecule has 1 aromatic carbocycles. The van der Waals surface area contributed by atoms with E-state index in [4.69, 9.17) is 9.84 Å². The van der Waals surface area contributed by atoms with Crippen molar-refractivity contribution >= 4 is 11.9 Å². The monoisotopic (exact) mass is 293 g/mol. The van der Waals surface area contributed by atoms with Crippen molar-refractivity contribution in [1.82, 2.24) is 5.32 Å². The van der Waals surface area contributed by atoms with Crippen molar-refractivity contribution in [3.8, 4) is 5.75 Å². The largest absolute Gasteiger partial charge is 0.483 e. The van der Waals surface area contributed by atoms with Crippen LogP contribution in [0.3, 0.4) is 0 Å². The summed E-state index contributed by atoms with van der Waals surface area (Å²) in [7, 11) is 0. The third-order valence-electron chi connectivity index (χ3n) is 3.33. The first-order valence-electron chi connectivity index (χ1n) is 6.84. The summed E-state index contributed by atoms with van der Waals surface area (Å²) < 4.78 is 5.47. The molecule has 0 aliphatic heterocycles. The molecule has 1 rings (SSSR count). The lowest BCUT2D eigenvalue weighted by molar-refractivity contribution is -0.145. The molecule has 5 heteroatoms. The van der Waals surface area contributed by atoms with Crippen LogP contribution in [0.25, 0.3) is 0 Å². The Balaban J connectivity index is 2.66. The number of rotatable bonds is 5. The van der Waals surface area contributed by atoms with Gasteiger partial charge in [0.25, 0.3) is 5.91 Å². The summed E-state index contributed by atoms with van der Waals surface area (Å²) in [5.74, 6) is -0.867. The Hall–Kier alpha value is -2.04. The average molecular weight is 293 g/mol. The Kier molecular flexibility index (Phi) is 5.35. The van der Waals surface area contributed by atoms with Crippen LogP contribution in [0.1, 0.15) is 31.9 Å². The number of amides is 1. The van der Waals surface area contributed by atoms with E-state index < -0.39 is 23.3 Å². The smallest absolute Gasteiger partial charge is 0.326 e. The zero-order valence-corrected chi connectivity index (χ0v) is 13.2. The lowest BCUT2D eigenvalue weighted by Gasteiger charge is -2.27. The standard InChI is InChI=1S/C16H23NO4/c1-10-7-6-8-12(11(10)2)21-9-13(18)17-14(15(19)20)16(3,4)5/h6-8,14H,9H2,1-5H3,(H,17,18)(H,19,20)/t14-/m0/s1. The van der Waals surface area contributed by atoms with E-state index in [9.17, 15) is 9.59 Å². The van der Waals surface area contributed by atoms with Crippen LogP contribution in [-0.4, -0.2) is 29.6 Å². The van der Waals surface area contributed by atoms with Gasteiger partial charge < -0.3 is 15.2 Å². The molecule has 0 bridgehead atoms. The van der Waals surface area contributed by atoms with E-state index in [-0.39, 0.29) is 6.61 Å². The second-order valence-corrected chi connectivity index (χ2v) is 6.19. The van der Waals surface area contributed by atoms with Crippen molar-refractivity contribution < 1.29 is 19.4 Å². The molecule has 0 aliphatic carbocycles. The van der Waals surface area contributed by atoms with E-state index in [2.05, 4.69) is 5.32 Å². The van der Waals surface area contributed by atoms with Gasteiger partial charge in [-0.15, -0.1) is 0 Å². The fourth-order valence-electron chi connectivity index (χ4n) is 1.88. The molecule has 116 valence electrons. The van der Waals surface area contributed by atoms with E-state index in [0.29, 0.717) is 5.75 Å². The Morgan fingerprint density at radius 2 is 1.90 bits per heavy atom. The van der Waals surface area contributed by atoms with Crippen LogP contribution < -0.4 is 10.1 Å². The summed E-state index contributed by atoms with van der Waals surface area (Å²) in [6.45, 7) is 8.96. The van der Waals surface area contributed by atoms with Gasteiger partial charge in [0.2, 0.25) is 0 Å². The zero-order valence-electron chi connectivity index (χ0n) is 13.2. The summed E-state index contributed by atoms with van der Waals surface area (Å²) in [5.41, 5.74) is 1.47. The molecule has 0 unspecified atom stereocenters. The molecule has 0 aliphatic rings. The van der Waals surface area contributed by atoms with Crippen LogP contribution in [0.15, 0.2) is 18.2 Å². The van der Waals surface area contributed by atoms with Crippen LogP contribution in [0.4, 0.5) is 0 Å². The van der Waals surface area contributed by atoms with Gasteiger partial charge in [-0.1, -0.05) is 32.9 Å². The van der Waals surface area contributed by atoms with Crippen LogP contribution in [0.2, 0.25) is 0 Å². The SMILES string of the molecule is Cc1cccc(OCC(=O)N[C@@H](C(=O)O)C(C)(C)C)c1C. The third-order valence-corrected chi connectivity index (χ3v) is 3.33. The highest BCUT2D eigenvalue weighted by atomic mass is 16.5. The third kappa shape index (κ3) is 4.77. The van der Waals surface area contributed by atoms with Gasteiger partial charge in [-0.25, -0.2) is 4.79 Å². The Labute approximate surface area is 125 Å². The van der Waals surface area contributed by atoms with E-state index in [1.165, 1.54) is 0 Å². The molecule has 0 radical (unpaired) electrons. The van der Waals surface area contributed by atoms with Crippen molar-refractivity contribution in [2.45, 2.75) is 40.7 Å². The highest BCUT2D eigenvalue weighted by Crippen LogP contribution is 2.21. The molecule has 2 N–H and O–H groups in total. The number of carbonyl (C=O) groups excluding carboxylic acids is 1. The molecule has 1 atom stereocenters. The summed E-state index contributed by atoms with van der Waals surface area (Å²) in [5, 5.41) is 11.7. The molecule has 1 aromatic rings. The highest BCUT2D eigenvalue weighted by Gasteiger charge is 2.32. The van der Waals surface area contributed by atoms with Crippen LogP contribution in [-0.2, 0) is 9.59 Å². The van der Waals surface area contributed by atoms with E-state index >= 15 is 0 Å². The number of nitrogens with one attached hydrogen (secondary N) is 1. The topological polar surface area (TPSA) is 75.6 Å².